The molecule has 7 atom stereocenters. The molecule has 4 fully saturated rings. The number of fused-ring (bicyclic) bond motifs is 5. The third kappa shape index (κ3) is 3.20. The van der Waals surface area contributed by atoms with E-state index in [1.165, 1.54) is 38.5 Å². The lowest BCUT2D eigenvalue weighted by atomic mass is 9.45. The van der Waals surface area contributed by atoms with E-state index in [9.17, 15) is 0 Å². The standard InChI is InChI=1S/C26H46/c1-19(2)9-5-6-10-21-13-15-23-22-14-12-20-11-7-8-17-25(20,3)24(22)16-18-26(21,23)4/h19-24H,5-18H2,1-4H3/t20-,21-,22-,23-,24-,25-,26+/m0/s1. The number of hydrogen-bond donors (Lipinski definition) is 0. The molecule has 0 aromatic heterocycles. The van der Waals surface area contributed by atoms with Crippen molar-refractivity contribution in [2.75, 3.05) is 0 Å². The lowest BCUT2D eigenvalue weighted by Gasteiger charge is -2.60. The van der Waals surface area contributed by atoms with Gasteiger partial charge in [0.15, 0.2) is 0 Å². The van der Waals surface area contributed by atoms with Gasteiger partial charge >= 0.3 is 0 Å². The number of hydrogen-bond acceptors (Lipinski definition) is 0. The van der Waals surface area contributed by atoms with Crippen molar-refractivity contribution in [3.63, 3.8) is 0 Å². The first kappa shape index (κ1) is 19.3. The zero-order valence-electron chi connectivity index (χ0n) is 18.4. The average molecular weight is 359 g/mol. The summed E-state index contributed by atoms with van der Waals surface area (Å²) in [7, 11) is 0. The number of unbranched alkanes of at least 4 members (excludes halogenated alkanes) is 1. The van der Waals surface area contributed by atoms with Crippen molar-refractivity contribution >= 4 is 0 Å². The summed E-state index contributed by atoms with van der Waals surface area (Å²) in [6.07, 6.45) is 21.6. The summed E-state index contributed by atoms with van der Waals surface area (Å²) in [4.78, 5) is 0. The maximum Gasteiger partial charge on any atom is -0.0266 e. The third-order valence-corrected chi connectivity index (χ3v) is 10.4. The molecule has 0 heteroatoms. The van der Waals surface area contributed by atoms with Gasteiger partial charge in [0.25, 0.3) is 0 Å². The Balaban J connectivity index is 1.43. The second-order valence-electron chi connectivity index (χ2n) is 11.9. The molecule has 0 bridgehead atoms. The Morgan fingerprint density at radius 1 is 0.769 bits per heavy atom. The third-order valence-electron chi connectivity index (χ3n) is 10.4. The van der Waals surface area contributed by atoms with Crippen molar-refractivity contribution < 1.29 is 0 Å². The molecule has 0 aromatic carbocycles. The van der Waals surface area contributed by atoms with Gasteiger partial charge in [-0.15, -0.1) is 0 Å². The molecule has 150 valence electrons. The molecule has 0 spiro atoms. The van der Waals surface area contributed by atoms with Crippen molar-refractivity contribution in [1.82, 2.24) is 0 Å². The smallest absolute Gasteiger partial charge is 0.0266 e. The van der Waals surface area contributed by atoms with E-state index < -0.39 is 0 Å². The molecule has 0 unspecified atom stereocenters. The molecular weight excluding hydrogens is 312 g/mol. The van der Waals surface area contributed by atoms with Crippen molar-refractivity contribution in [3.05, 3.63) is 0 Å². The highest BCUT2D eigenvalue weighted by Crippen LogP contribution is 2.67. The number of rotatable bonds is 5. The monoisotopic (exact) mass is 358 g/mol. The predicted octanol–water partition coefficient (Wildman–Crippen LogP) is 8.25. The highest BCUT2D eigenvalue weighted by molar-refractivity contribution is 5.08. The fourth-order valence-electron chi connectivity index (χ4n) is 8.82. The first-order valence-corrected chi connectivity index (χ1v) is 12.4. The van der Waals surface area contributed by atoms with E-state index in [1.54, 1.807) is 51.4 Å². The van der Waals surface area contributed by atoms with Crippen LogP contribution in [0.25, 0.3) is 0 Å². The summed E-state index contributed by atoms with van der Waals surface area (Å²) < 4.78 is 0. The minimum Gasteiger partial charge on any atom is -0.0628 e. The van der Waals surface area contributed by atoms with Gasteiger partial charge in [0.05, 0.1) is 0 Å². The highest BCUT2D eigenvalue weighted by Gasteiger charge is 2.59. The van der Waals surface area contributed by atoms with Crippen LogP contribution in [0.3, 0.4) is 0 Å². The van der Waals surface area contributed by atoms with Crippen molar-refractivity contribution in [2.45, 2.75) is 118 Å². The fraction of sp³-hybridized carbons (Fsp3) is 1.00. The Morgan fingerprint density at radius 3 is 2.38 bits per heavy atom. The molecule has 4 aliphatic carbocycles. The zero-order chi connectivity index (χ0) is 18.4. The van der Waals surface area contributed by atoms with E-state index >= 15 is 0 Å². The molecule has 26 heavy (non-hydrogen) atoms. The molecular formula is C26H46. The Morgan fingerprint density at radius 2 is 1.58 bits per heavy atom. The lowest BCUT2D eigenvalue weighted by Crippen LogP contribution is -2.52. The Labute approximate surface area is 164 Å². The Bertz CT molecular complexity index is 478. The van der Waals surface area contributed by atoms with Crippen LogP contribution in [0.1, 0.15) is 118 Å². The van der Waals surface area contributed by atoms with Gasteiger partial charge in [-0.3, -0.25) is 0 Å². The van der Waals surface area contributed by atoms with Crippen LogP contribution in [0.5, 0.6) is 0 Å². The van der Waals surface area contributed by atoms with E-state index in [1.807, 2.05) is 0 Å². The van der Waals surface area contributed by atoms with Gasteiger partial charge in [-0.05, 0) is 104 Å². The van der Waals surface area contributed by atoms with Gasteiger partial charge < -0.3 is 0 Å². The van der Waals surface area contributed by atoms with Crippen LogP contribution in [0.2, 0.25) is 0 Å². The molecule has 4 rings (SSSR count). The Hall–Kier alpha value is 0. The SMILES string of the molecule is CC(C)CCCC[C@H]1CC[C@H]2[C@@H]3CC[C@@H]4CCCC[C@]4(C)[C@H]3CC[C@]12C. The van der Waals surface area contributed by atoms with E-state index in [0.717, 1.165) is 40.9 Å². The van der Waals surface area contributed by atoms with Gasteiger partial charge in [-0.2, -0.15) is 0 Å². The zero-order valence-corrected chi connectivity index (χ0v) is 18.4. The highest BCUT2D eigenvalue weighted by atomic mass is 14.6. The van der Waals surface area contributed by atoms with Crippen LogP contribution < -0.4 is 0 Å². The molecule has 0 aliphatic heterocycles. The van der Waals surface area contributed by atoms with E-state index in [0.29, 0.717) is 5.41 Å². The Kier molecular flexibility index (Phi) is 5.53. The molecule has 0 heterocycles. The van der Waals surface area contributed by atoms with Crippen LogP contribution in [-0.2, 0) is 0 Å². The summed E-state index contributed by atoms with van der Waals surface area (Å²) in [5, 5.41) is 0. The fourth-order valence-corrected chi connectivity index (χ4v) is 8.82. The maximum atomic E-state index is 2.74. The second-order valence-corrected chi connectivity index (χ2v) is 11.9. The second kappa shape index (κ2) is 7.44. The van der Waals surface area contributed by atoms with E-state index in [4.69, 9.17) is 0 Å². The molecule has 0 radical (unpaired) electrons. The molecule has 4 saturated carbocycles. The minimum atomic E-state index is 0.705. The molecule has 0 N–H and O–H groups in total. The summed E-state index contributed by atoms with van der Waals surface area (Å²) in [5.41, 5.74) is 1.43. The van der Waals surface area contributed by atoms with Crippen LogP contribution in [-0.4, -0.2) is 0 Å². The molecule has 4 aliphatic rings. The first-order valence-electron chi connectivity index (χ1n) is 12.4. The average Bonchev–Trinajstić information content (AvgIpc) is 2.94. The van der Waals surface area contributed by atoms with Crippen LogP contribution in [0.15, 0.2) is 0 Å². The van der Waals surface area contributed by atoms with Crippen LogP contribution >= 0.6 is 0 Å². The van der Waals surface area contributed by atoms with Crippen molar-refractivity contribution in [3.8, 4) is 0 Å². The van der Waals surface area contributed by atoms with Crippen molar-refractivity contribution in [1.29, 1.82) is 0 Å². The summed E-state index contributed by atoms with van der Waals surface area (Å²) >= 11 is 0. The van der Waals surface area contributed by atoms with Crippen LogP contribution in [0.4, 0.5) is 0 Å². The molecule has 0 aromatic rings. The summed E-state index contributed by atoms with van der Waals surface area (Å²) in [5.74, 6) is 6.28. The molecule has 0 nitrogen and oxygen atoms in total. The normalized spacial score (nSPS) is 48.1. The van der Waals surface area contributed by atoms with Gasteiger partial charge in [0.1, 0.15) is 0 Å². The molecule has 0 saturated heterocycles. The van der Waals surface area contributed by atoms with E-state index in [2.05, 4.69) is 27.7 Å². The minimum absolute atomic E-state index is 0.705. The first-order chi connectivity index (χ1) is 12.4. The lowest BCUT2D eigenvalue weighted by molar-refractivity contribution is -0.111. The largest absolute Gasteiger partial charge is 0.0628 e. The quantitative estimate of drug-likeness (QED) is 0.434. The van der Waals surface area contributed by atoms with Crippen molar-refractivity contribution in [2.24, 2.45) is 46.3 Å². The van der Waals surface area contributed by atoms with E-state index in [-0.39, 0.29) is 0 Å². The van der Waals surface area contributed by atoms with Crippen LogP contribution in [0, 0.1) is 46.3 Å². The van der Waals surface area contributed by atoms with Gasteiger partial charge in [-0.1, -0.05) is 59.8 Å². The van der Waals surface area contributed by atoms with Gasteiger partial charge in [-0.25, -0.2) is 0 Å². The topological polar surface area (TPSA) is 0 Å². The van der Waals surface area contributed by atoms with Gasteiger partial charge in [0.2, 0.25) is 0 Å². The maximum absolute atomic E-state index is 2.74. The van der Waals surface area contributed by atoms with Gasteiger partial charge in [0, 0.05) is 0 Å². The summed E-state index contributed by atoms with van der Waals surface area (Å²) in [6.45, 7) is 10.2. The molecule has 0 amide bonds. The predicted molar refractivity (Wildman–Crippen MR) is 113 cm³/mol. The summed E-state index contributed by atoms with van der Waals surface area (Å²) in [6, 6.07) is 0.